The van der Waals surface area contributed by atoms with E-state index in [4.69, 9.17) is 14.2 Å². The molecule has 0 aromatic carbocycles. The molecule has 1 unspecified atom stereocenters. The first kappa shape index (κ1) is 12.9. The molecule has 2 saturated heterocycles. The van der Waals surface area contributed by atoms with Crippen LogP contribution in [0.2, 0.25) is 0 Å². The van der Waals surface area contributed by atoms with Crippen molar-refractivity contribution in [2.45, 2.75) is 76.3 Å². The predicted octanol–water partition coefficient (Wildman–Crippen LogP) is 3.27. The van der Waals surface area contributed by atoms with E-state index < -0.39 is 0 Å². The van der Waals surface area contributed by atoms with Crippen LogP contribution in [0.1, 0.15) is 57.8 Å². The van der Waals surface area contributed by atoms with Gasteiger partial charge in [-0.05, 0) is 44.4 Å². The van der Waals surface area contributed by atoms with Gasteiger partial charge in [0.25, 0.3) is 0 Å². The Bertz CT molecular complexity index is 250. The van der Waals surface area contributed by atoms with Gasteiger partial charge in [-0.2, -0.15) is 0 Å². The Hall–Kier alpha value is -0.120. The van der Waals surface area contributed by atoms with Gasteiger partial charge in [-0.15, -0.1) is 0 Å². The quantitative estimate of drug-likeness (QED) is 0.757. The standard InChI is InChI=1S/C15H26O3/c1-2-6-12-10-13(11-17-14(12)7-3-1)18-15-8-4-5-9-16-15/h12-15H,1-11H2/t12-,13+,14+,15?/m0/s1. The first-order chi connectivity index (χ1) is 8.92. The summed E-state index contributed by atoms with van der Waals surface area (Å²) in [6.45, 7) is 1.64. The van der Waals surface area contributed by atoms with Gasteiger partial charge >= 0.3 is 0 Å². The zero-order valence-corrected chi connectivity index (χ0v) is 11.3. The molecule has 18 heavy (non-hydrogen) atoms. The topological polar surface area (TPSA) is 27.7 Å². The molecule has 3 heteroatoms. The van der Waals surface area contributed by atoms with Crippen molar-refractivity contribution in [2.75, 3.05) is 13.2 Å². The van der Waals surface area contributed by atoms with Crippen LogP contribution >= 0.6 is 0 Å². The Morgan fingerprint density at radius 2 is 1.72 bits per heavy atom. The Kier molecular flexibility index (Phi) is 4.55. The predicted molar refractivity (Wildman–Crippen MR) is 69.4 cm³/mol. The molecule has 1 aliphatic carbocycles. The Balaban J connectivity index is 1.49. The minimum absolute atomic E-state index is 0.0367. The lowest BCUT2D eigenvalue weighted by atomic mass is 9.89. The van der Waals surface area contributed by atoms with Crippen LogP contribution in [0.5, 0.6) is 0 Å². The highest BCUT2D eigenvalue weighted by atomic mass is 16.7. The first-order valence-electron chi connectivity index (χ1n) is 7.80. The number of ether oxygens (including phenoxy) is 3. The Morgan fingerprint density at radius 1 is 0.833 bits per heavy atom. The minimum atomic E-state index is 0.0367. The maximum absolute atomic E-state index is 6.07. The molecule has 1 saturated carbocycles. The maximum atomic E-state index is 6.07. The van der Waals surface area contributed by atoms with Crippen molar-refractivity contribution in [3.63, 3.8) is 0 Å². The molecule has 2 aliphatic heterocycles. The summed E-state index contributed by atoms with van der Waals surface area (Å²) >= 11 is 0. The van der Waals surface area contributed by atoms with E-state index in [1.165, 1.54) is 51.4 Å². The van der Waals surface area contributed by atoms with Gasteiger partial charge in [0, 0.05) is 6.61 Å². The number of hydrogen-bond donors (Lipinski definition) is 0. The van der Waals surface area contributed by atoms with Crippen molar-refractivity contribution < 1.29 is 14.2 Å². The zero-order valence-electron chi connectivity index (χ0n) is 11.3. The summed E-state index contributed by atoms with van der Waals surface area (Å²) in [4.78, 5) is 0. The molecule has 0 N–H and O–H groups in total. The highest BCUT2D eigenvalue weighted by Gasteiger charge is 2.33. The fourth-order valence-electron chi connectivity index (χ4n) is 3.60. The van der Waals surface area contributed by atoms with Crippen LogP contribution in [0.4, 0.5) is 0 Å². The molecule has 0 amide bonds. The van der Waals surface area contributed by atoms with Gasteiger partial charge in [-0.3, -0.25) is 0 Å². The molecule has 3 rings (SSSR count). The van der Waals surface area contributed by atoms with Gasteiger partial charge in [0.2, 0.25) is 0 Å². The van der Waals surface area contributed by atoms with Gasteiger partial charge in [-0.25, -0.2) is 0 Å². The molecule has 0 aromatic rings. The highest BCUT2D eigenvalue weighted by Crippen LogP contribution is 2.34. The van der Waals surface area contributed by atoms with Crippen LogP contribution in [0.15, 0.2) is 0 Å². The summed E-state index contributed by atoms with van der Waals surface area (Å²) in [7, 11) is 0. The van der Waals surface area contributed by atoms with E-state index in [9.17, 15) is 0 Å². The minimum Gasteiger partial charge on any atom is -0.375 e. The maximum Gasteiger partial charge on any atom is 0.158 e. The van der Waals surface area contributed by atoms with Crippen molar-refractivity contribution in [3.05, 3.63) is 0 Å². The van der Waals surface area contributed by atoms with Crippen LogP contribution in [-0.4, -0.2) is 31.7 Å². The Labute approximate surface area is 110 Å². The summed E-state index contributed by atoms with van der Waals surface area (Å²) in [6.07, 6.45) is 12.2. The number of rotatable bonds is 2. The molecule has 0 bridgehead atoms. The molecule has 0 spiro atoms. The second kappa shape index (κ2) is 6.36. The van der Waals surface area contributed by atoms with Crippen molar-refractivity contribution >= 4 is 0 Å². The third kappa shape index (κ3) is 3.25. The molecule has 2 heterocycles. The molecular weight excluding hydrogens is 228 g/mol. The molecule has 0 radical (unpaired) electrons. The van der Waals surface area contributed by atoms with Gasteiger partial charge in [-0.1, -0.05) is 19.3 Å². The average molecular weight is 254 g/mol. The van der Waals surface area contributed by atoms with Gasteiger partial charge < -0.3 is 14.2 Å². The van der Waals surface area contributed by atoms with Crippen LogP contribution in [-0.2, 0) is 14.2 Å². The molecule has 0 aromatic heterocycles. The van der Waals surface area contributed by atoms with E-state index in [2.05, 4.69) is 0 Å². The van der Waals surface area contributed by atoms with E-state index in [0.29, 0.717) is 6.10 Å². The fourth-order valence-corrected chi connectivity index (χ4v) is 3.60. The lowest BCUT2D eigenvalue weighted by Gasteiger charge is -2.37. The van der Waals surface area contributed by atoms with Crippen LogP contribution in [0.3, 0.4) is 0 Å². The van der Waals surface area contributed by atoms with E-state index in [-0.39, 0.29) is 12.4 Å². The summed E-state index contributed by atoms with van der Waals surface area (Å²) in [5, 5.41) is 0. The lowest BCUT2D eigenvalue weighted by Crippen LogP contribution is -2.40. The third-order valence-electron chi connectivity index (χ3n) is 4.63. The summed E-state index contributed by atoms with van der Waals surface area (Å²) in [5.74, 6) is 0.731. The second-order valence-electron chi connectivity index (χ2n) is 6.06. The fraction of sp³-hybridized carbons (Fsp3) is 1.00. The van der Waals surface area contributed by atoms with Gasteiger partial charge in [0.1, 0.15) is 0 Å². The smallest absolute Gasteiger partial charge is 0.158 e. The van der Waals surface area contributed by atoms with Crippen LogP contribution < -0.4 is 0 Å². The summed E-state index contributed by atoms with van der Waals surface area (Å²) < 4.78 is 17.8. The monoisotopic (exact) mass is 254 g/mol. The van der Waals surface area contributed by atoms with Gasteiger partial charge in [0.05, 0.1) is 18.8 Å². The van der Waals surface area contributed by atoms with Crippen molar-refractivity contribution in [3.8, 4) is 0 Å². The van der Waals surface area contributed by atoms with Crippen LogP contribution in [0, 0.1) is 5.92 Å². The number of fused-ring (bicyclic) bond motifs is 1. The van der Waals surface area contributed by atoms with E-state index in [1.54, 1.807) is 0 Å². The summed E-state index contributed by atoms with van der Waals surface area (Å²) in [6, 6.07) is 0. The van der Waals surface area contributed by atoms with Gasteiger partial charge in [0.15, 0.2) is 6.29 Å². The average Bonchev–Trinajstić information content (AvgIpc) is 2.64. The van der Waals surface area contributed by atoms with E-state index >= 15 is 0 Å². The zero-order chi connectivity index (χ0) is 12.2. The summed E-state index contributed by atoms with van der Waals surface area (Å²) in [5.41, 5.74) is 0. The van der Waals surface area contributed by atoms with E-state index in [0.717, 1.165) is 25.6 Å². The molecule has 3 nitrogen and oxygen atoms in total. The molecule has 3 fully saturated rings. The van der Waals surface area contributed by atoms with E-state index in [1.807, 2.05) is 0 Å². The largest absolute Gasteiger partial charge is 0.375 e. The van der Waals surface area contributed by atoms with Crippen LogP contribution in [0.25, 0.3) is 0 Å². The SMILES string of the molecule is C1CC[C@H]2C[C@@H](OC3CCCCO3)CO[C@@H]2CC1. The molecule has 4 atom stereocenters. The Morgan fingerprint density at radius 3 is 2.61 bits per heavy atom. The molecule has 3 aliphatic rings. The highest BCUT2D eigenvalue weighted by molar-refractivity contribution is 4.82. The number of hydrogen-bond acceptors (Lipinski definition) is 3. The van der Waals surface area contributed by atoms with Crippen molar-refractivity contribution in [1.29, 1.82) is 0 Å². The first-order valence-corrected chi connectivity index (χ1v) is 7.80. The molecule has 104 valence electrons. The molecular formula is C15H26O3. The van der Waals surface area contributed by atoms with Crippen molar-refractivity contribution in [2.24, 2.45) is 5.92 Å². The normalized spacial score (nSPS) is 42.0. The third-order valence-corrected chi connectivity index (χ3v) is 4.63. The lowest BCUT2D eigenvalue weighted by molar-refractivity contribution is -0.220. The second-order valence-corrected chi connectivity index (χ2v) is 6.06. The van der Waals surface area contributed by atoms with Crippen molar-refractivity contribution in [1.82, 2.24) is 0 Å².